The Kier molecular flexibility index (Phi) is 5.33. The summed E-state index contributed by atoms with van der Waals surface area (Å²) in [6, 6.07) is 19.0. The molecule has 0 saturated heterocycles. The molecular formula is C22H17Cl2N3O. The highest BCUT2D eigenvalue weighted by Crippen LogP contribution is 2.32. The maximum atomic E-state index is 6.12. The Hall–Kier alpha value is -2.82. The lowest BCUT2D eigenvalue weighted by atomic mass is 10.1. The number of nitrogens with one attached hydrogen (secondary N) is 1. The zero-order valence-electron chi connectivity index (χ0n) is 15.1. The lowest BCUT2D eigenvalue weighted by Crippen LogP contribution is -2.02. The number of fused-ring (bicyclic) bond motifs is 1. The Morgan fingerprint density at radius 2 is 1.86 bits per heavy atom. The molecule has 0 fully saturated rings. The Bertz CT molecular complexity index is 1130. The fraction of sp³-hybridized carbons (Fsp3) is 0.0909. The van der Waals surface area contributed by atoms with Crippen LogP contribution in [0, 0.1) is 6.92 Å². The van der Waals surface area contributed by atoms with E-state index in [1.807, 2.05) is 61.5 Å². The lowest BCUT2D eigenvalue weighted by molar-refractivity contribution is 0.467. The first-order chi connectivity index (χ1) is 13.6. The van der Waals surface area contributed by atoms with E-state index in [9.17, 15) is 0 Å². The van der Waals surface area contributed by atoms with Crippen molar-refractivity contribution in [3.8, 4) is 11.6 Å². The molecule has 0 aliphatic rings. The maximum absolute atomic E-state index is 6.12. The average molecular weight is 410 g/mol. The molecule has 0 atom stereocenters. The van der Waals surface area contributed by atoms with Gasteiger partial charge >= 0.3 is 0 Å². The van der Waals surface area contributed by atoms with Crippen LogP contribution in [0.3, 0.4) is 0 Å². The third-order valence-electron chi connectivity index (χ3n) is 4.25. The molecule has 2 heterocycles. The second-order valence-corrected chi connectivity index (χ2v) is 7.15. The summed E-state index contributed by atoms with van der Waals surface area (Å²) in [5.74, 6) is 1.20. The SMILES string of the molecule is Cc1cc(NCc2ccc(Cl)c(Cl)c2)c2cccc(Oc3ccccn3)c2n1. The smallest absolute Gasteiger partial charge is 0.219 e. The summed E-state index contributed by atoms with van der Waals surface area (Å²) < 4.78 is 5.96. The zero-order chi connectivity index (χ0) is 19.5. The van der Waals surface area contributed by atoms with E-state index in [2.05, 4.69) is 15.3 Å². The number of aromatic nitrogens is 2. The van der Waals surface area contributed by atoms with Crippen LogP contribution in [0.1, 0.15) is 11.3 Å². The molecule has 2 aromatic heterocycles. The van der Waals surface area contributed by atoms with Crippen molar-refractivity contribution in [2.75, 3.05) is 5.32 Å². The summed E-state index contributed by atoms with van der Waals surface area (Å²) in [6.45, 7) is 2.57. The summed E-state index contributed by atoms with van der Waals surface area (Å²) in [5.41, 5.74) is 3.68. The first-order valence-corrected chi connectivity index (χ1v) is 9.53. The molecule has 28 heavy (non-hydrogen) atoms. The highest BCUT2D eigenvalue weighted by Gasteiger charge is 2.10. The number of benzene rings is 2. The number of anilines is 1. The predicted molar refractivity (Wildman–Crippen MR) is 115 cm³/mol. The van der Waals surface area contributed by atoms with Crippen LogP contribution in [0.15, 0.2) is 66.9 Å². The number of pyridine rings is 2. The number of hydrogen-bond acceptors (Lipinski definition) is 4. The Morgan fingerprint density at radius 1 is 0.964 bits per heavy atom. The van der Waals surface area contributed by atoms with E-state index in [1.54, 1.807) is 12.3 Å². The van der Waals surface area contributed by atoms with Crippen molar-refractivity contribution in [2.45, 2.75) is 13.5 Å². The van der Waals surface area contributed by atoms with Gasteiger partial charge in [-0.3, -0.25) is 0 Å². The fourth-order valence-electron chi connectivity index (χ4n) is 2.95. The van der Waals surface area contributed by atoms with Crippen molar-refractivity contribution in [3.63, 3.8) is 0 Å². The van der Waals surface area contributed by atoms with E-state index >= 15 is 0 Å². The molecular weight excluding hydrogens is 393 g/mol. The van der Waals surface area contributed by atoms with E-state index < -0.39 is 0 Å². The normalized spacial score (nSPS) is 10.8. The van der Waals surface area contributed by atoms with Crippen LogP contribution in [0.4, 0.5) is 5.69 Å². The molecule has 0 bridgehead atoms. The van der Waals surface area contributed by atoms with Crippen molar-refractivity contribution < 1.29 is 4.74 Å². The van der Waals surface area contributed by atoms with Gasteiger partial charge < -0.3 is 10.1 Å². The molecule has 0 aliphatic carbocycles. The van der Waals surface area contributed by atoms with Gasteiger partial charge in [-0.15, -0.1) is 0 Å². The number of ether oxygens (including phenoxy) is 1. The van der Waals surface area contributed by atoms with Crippen molar-refractivity contribution in [3.05, 3.63) is 88.2 Å². The summed E-state index contributed by atoms with van der Waals surface area (Å²) in [4.78, 5) is 8.91. The van der Waals surface area contributed by atoms with Crippen molar-refractivity contribution in [2.24, 2.45) is 0 Å². The summed E-state index contributed by atoms with van der Waals surface area (Å²) in [6.07, 6.45) is 1.70. The van der Waals surface area contributed by atoms with Crippen LogP contribution in [0.5, 0.6) is 11.6 Å². The molecule has 0 spiro atoms. The van der Waals surface area contributed by atoms with Gasteiger partial charge in [-0.05, 0) is 42.8 Å². The number of aryl methyl sites for hydroxylation is 1. The molecule has 4 aromatic rings. The standard InChI is InChI=1S/C22H17Cl2N3O/c1-14-11-19(26-13-15-8-9-17(23)18(24)12-15)16-5-4-6-20(22(16)27-14)28-21-7-2-3-10-25-21/h2-12H,13H2,1H3,(H,26,27). The summed E-state index contributed by atoms with van der Waals surface area (Å²) in [7, 11) is 0. The van der Waals surface area contributed by atoms with Gasteiger partial charge in [0.05, 0.1) is 10.0 Å². The molecule has 4 rings (SSSR count). The number of hydrogen-bond donors (Lipinski definition) is 1. The summed E-state index contributed by atoms with van der Waals surface area (Å²) >= 11 is 12.1. The van der Waals surface area contributed by atoms with Gasteiger partial charge in [-0.2, -0.15) is 0 Å². The van der Waals surface area contributed by atoms with Gasteiger partial charge in [0.25, 0.3) is 0 Å². The molecule has 140 valence electrons. The number of para-hydroxylation sites is 1. The van der Waals surface area contributed by atoms with Crippen LogP contribution in [0.2, 0.25) is 10.0 Å². The first kappa shape index (κ1) is 18.5. The van der Waals surface area contributed by atoms with Crippen LogP contribution >= 0.6 is 23.2 Å². The lowest BCUT2D eigenvalue weighted by Gasteiger charge is -2.14. The van der Waals surface area contributed by atoms with Gasteiger partial charge in [0.15, 0.2) is 5.75 Å². The second kappa shape index (κ2) is 8.05. The van der Waals surface area contributed by atoms with Crippen molar-refractivity contribution >= 4 is 39.8 Å². The molecule has 0 radical (unpaired) electrons. The minimum absolute atomic E-state index is 0.531. The van der Waals surface area contributed by atoms with E-state index in [1.165, 1.54) is 0 Å². The van der Waals surface area contributed by atoms with E-state index in [-0.39, 0.29) is 0 Å². The topological polar surface area (TPSA) is 47.0 Å². The molecule has 0 amide bonds. The van der Waals surface area contributed by atoms with Gasteiger partial charge in [0, 0.05) is 35.6 Å². The number of halogens is 2. The van der Waals surface area contributed by atoms with Crippen LogP contribution < -0.4 is 10.1 Å². The summed E-state index contributed by atoms with van der Waals surface area (Å²) in [5, 5.41) is 5.53. The molecule has 0 aliphatic heterocycles. The average Bonchev–Trinajstić information content (AvgIpc) is 2.70. The minimum atomic E-state index is 0.531. The molecule has 6 heteroatoms. The quantitative estimate of drug-likeness (QED) is 0.400. The monoisotopic (exact) mass is 409 g/mol. The van der Waals surface area contributed by atoms with E-state index in [0.29, 0.717) is 28.2 Å². The van der Waals surface area contributed by atoms with Crippen molar-refractivity contribution in [1.82, 2.24) is 9.97 Å². The van der Waals surface area contributed by atoms with Gasteiger partial charge in [-0.1, -0.05) is 47.5 Å². The third-order valence-corrected chi connectivity index (χ3v) is 4.99. The second-order valence-electron chi connectivity index (χ2n) is 6.34. The molecule has 1 N–H and O–H groups in total. The number of rotatable bonds is 5. The Labute approximate surface area is 173 Å². The van der Waals surface area contributed by atoms with Gasteiger partial charge in [0.1, 0.15) is 5.52 Å². The van der Waals surface area contributed by atoms with Crippen molar-refractivity contribution in [1.29, 1.82) is 0 Å². The molecule has 0 saturated carbocycles. The highest BCUT2D eigenvalue weighted by atomic mass is 35.5. The molecule has 2 aromatic carbocycles. The predicted octanol–water partition coefficient (Wildman–Crippen LogP) is 6.65. The van der Waals surface area contributed by atoms with E-state index in [0.717, 1.165) is 27.8 Å². The van der Waals surface area contributed by atoms with Crippen LogP contribution in [0.25, 0.3) is 10.9 Å². The van der Waals surface area contributed by atoms with Gasteiger partial charge in [0.2, 0.25) is 5.88 Å². The first-order valence-electron chi connectivity index (χ1n) is 8.77. The minimum Gasteiger partial charge on any atom is -0.437 e. The zero-order valence-corrected chi connectivity index (χ0v) is 16.6. The molecule has 0 unspecified atom stereocenters. The third kappa shape index (κ3) is 4.03. The van der Waals surface area contributed by atoms with E-state index in [4.69, 9.17) is 27.9 Å². The Balaban J connectivity index is 1.67. The van der Waals surface area contributed by atoms with Crippen LogP contribution in [-0.2, 0) is 6.54 Å². The highest BCUT2D eigenvalue weighted by molar-refractivity contribution is 6.42. The number of nitrogens with zero attached hydrogens (tertiary/aromatic N) is 2. The Morgan fingerprint density at radius 3 is 2.64 bits per heavy atom. The largest absolute Gasteiger partial charge is 0.437 e. The van der Waals surface area contributed by atoms with Gasteiger partial charge in [-0.25, -0.2) is 9.97 Å². The fourth-order valence-corrected chi connectivity index (χ4v) is 3.27. The molecule has 4 nitrogen and oxygen atoms in total. The maximum Gasteiger partial charge on any atom is 0.219 e. The van der Waals surface area contributed by atoms with Crippen LogP contribution in [-0.4, -0.2) is 9.97 Å².